The Kier molecular flexibility index (Phi) is 4.63. The molecule has 5 nitrogen and oxygen atoms in total. The topological polar surface area (TPSA) is 58.6 Å². The van der Waals surface area contributed by atoms with Crippen LogP contribution in [0.15, 0.2) is 16.3 Å². The zero-order valence-electron chi connectivity index (χ0n) is 9.93. The second-order valence-corrected chi connectivity index (χ2v) is 7.87. The molecule has 0 aromatic carbocycles. The van der Waals surface area contributed by atoms with Gasteiger partial charge >= 0.3 is 0 Å². The Morgan fingerprint density at radius 2 is 2.39 bits per heavy atom. The highest BCUT2D eigenvalue weighted by molar-refractivity contribution is 7.91. The van der Waals surface area contributed by atoms with Gasteiger partial charge in [-0.3, -0.25) is 0 Å². The molecule has 1 aliphatic heterocycles. The number of likely N-dealkylation sites (N-methyl/N-ethyl adjacent to an activating group) is 1. The van der Waals surface area contributed by atoms with Crippen molar-refractivity contribution < 1.29 is 13.2 Å². The maximum atomic E-state index is 11.9. The van der Waals surface area contributed by atoms with Gasteiger partial charge < -0.3 is 9.64 Å². The van der Waals surface area contributed by atoms with Gasteiger partial charge in [-0.2, -0.15) is 0 Å². The van der Waals surface area contributed by atoms with Gasteiger partial charge in [0, 0.05) is 19.6 Å². The van der Waals surface area contributed by atoms with Crippen LogP contribution in [-0.2, 0) is 14.8 Å². The Morgan fingerprint density at radius 1 is 1.61 bits per heavy atom. The highest BCUT2D eigenvalue weighted by Crippen LogP contribution is 2.25. The number of nitrogens with one attached hydrogen (secondary N) is 1. The minimum Gasteiger partial charge on any atom is -0.374 e. The van der Waals surface area contributed by atoms with E-state index in [2.05, 4.69) is 9.62 Å². The van der Waals surface area contributed by atoms with Gasteiger partial charge in [-0.15, -0.1) is 11.3 Å². The summed E-state index contributed by atoms with van der Waals surface area (Å²) in [6, 6.07) is 3.08. The van der Waals surface area contributed by atoms with Crippen LogP contribution in [0.5, 0.6) is 0 Å². The van der Waals surface area contributed by atoms with Crippen LogP contribution in [0.2, 0.25) is 4.34 Å². The molecule has 0 amide bonds. The molecule has 1 aromatic rings. The van der Waals surface area contributed by atoms with E-state index in [-0.39, 0.29) is 16.9 Å². The second-order valence-electron chi connectivity index (χ2n) is 4.17. The van der Waals surface area contributed by atoms with E-state index in [4.69, 9.17) is 16.3 Å². The predicted molar refractivity (Wildman–Crippen MR) is 71.8 cm³/mol. The largest absolute Gasteiger partial charge is 0.374 e. The Balaban J connectivity index is 1.93. The zero-order valence-corrected chi connectivity index (χ0v) is 12.3. The number of hydrogen-bond donors (Lipinski definition) is 1. The normalized spacial score (nSPS) is 22.2. The quantitative estimate of drug-likeness (QED) is 0.902. The summed E-state index contributed by atoms with van der Waals surface area (Å²) in [7, 11) is -1.48. The molecule has 0 aliphatic carbocycles. The summed E-state index contributed by atoms with van der Waals surface area (Å²) < 4.78 is 32.6. The van der Waals surface area contributed by atoms with E-state index >= 15 is 0 Å². The molecule has 1 unspecified atom stereocenters. The van der Waals surface area contributed by atoms with Crippen LogP contribution in [-0.4, -0.2) is 52.7 Å². The smallest absolute Gasteiger partial charge is 0.250 e. The minimum absolute atomic E-state index is 0.103. The van der Waals surface area contributed by atoms with Gasteiger partial charge in [-0.1, -0.05) is 11.6 Å². The zero-order chi connectivity index (χ0) is 13.2. The summed E-state index contributed by atoms with van der Waals surface area (Å²) in [4.78, 5) is 2.12. The predicted octanol–water partition coefficient (Wildman–Crippen LogP) is 1.01. The van der Waals surface area contributed by atoms with Crippen molar-refractivity contribution in [1.82, 2.24) is 9.62 Å². The van der Waals surface area contributed by atoms with Gasteiger partial charge in [-0.25, -0.2) is 13.1 Å². The average Bonchev–Trinajstić information content (AvgIpc) is 2.74. The first kappa shape index (κ1) is 14.2. The van der Waals surface area contributed by atoms with Gasteiger partial charge in [0.15, 0.2) is 0 Å². The molecule has 102 valence electrons. The van der Waals surface area contributed by atoms with Crippen LogP contribution in [0, 0.1) is 0 Å². The van der Waals surface area contributed by atoms with Gasteiger partial charge in [-0.05, 0) is 19.2 Å². The number of rotatable bonds is 4. The lowest BCUT2D eigenvalue weighted by Crippen LogP contribution is -2.45. The summed E-state index contributed by atoms with van der Waals surface area (Å²) in [6.07, 6.45) is -0.103. The van der Waals surface area contributed by atoms with Crippen molar-refractivity contribution in [2.24, 2.45) is 0 Å². The number of nitrogens with zero attached hydrogens (tertiary/aromatic N) is 1. The van der Waals surface area contributed by atoms with Crippen LogP contribution in [0.3, 0.4) is 0 Å². The second kappa shape index (κ2) is 5.85. The first-order valence-corrected chi connectivity index (χ1v) is 8.20. The van der Waals surface area contributed by atoms with Crippen molar-refractivity contribution in [3.05, 3.63) is 16.5 Å². The van der Waals surface area contributed by atoms with Gasteiger partial charge in [0.05, 0.1) is 17.0 Å². The van der Waals surface area contributed by atoms with Crippen molar-refractivity contribution in [2.75, 3.05) is 33.3 Å². The summed E-state index contributed by atoms with van der Waals surface area (Å²) in [6.45, 7) is 2.52. The molecule has 1 N–H and O–H groups in total. The number of hydrogen-bond acceptors (Lipinski definition) is 5. The molecule has 18 heavy (non-hydrogen) atoms. The fourth-order valence-corrected chi connectivity index (χ4v) is 4.30. The molecular formula is C10H15ClN2O3S2. The van der Waals surface area contributed by atoms with Crippen LogP contribution < -0.4 is 4.72 Å². The van der Waals surface area contributed by atoms with Crippen molar-refractivity contribution >= 4 is 33.0 Å². The van der Waals surface area contributed by atoms with Gasteiger partial charge in [0.25, 0.3) is 0 Å². The standard InChI is InChI=1S/C10H15ClN2O3S2/c1-13-4-5-16-8(7-13)6-12-18(14,15)10-3-2-9(11)17-10/h2-3,8,12H,4-7H2,1H3. The molecule has 1 fully saturated rings. The lowest BCUT2D eigenvalue weighted by molar-refractivity contribution is -0.0156. The van der Waals surface area contributed by atoms with E-state index in [1.165, 1.54) is 6.07 Å². The highest BCUT2D eigenvalue weighted by Gasteiger charge is 2.22. The first-order valence-electron chi connectivity index (χ1n) is 5.52. The number of halogens is 1. The lowest BCUT2D eigenvalue weighted by Gasteiger charge is -2.29. The van der Waals surface area contributed by atoms with Gasteiger partial charge in [0.1, 0.15) is 4.21 Å². The maximum Gasteiger partial charge on any atom is 0.250 e. The van der Waals surface area contributed by atoms with Crippen LogP contribution >= 0.6 is 22.9 Å². The maximum absolute atomic E-state index is 11.9. The van der Waals surface area contributed by atoms with Crippen molar-refractivity contribution in [2.45, 2.75) is 10.3 Å². The summed E-state index contributed by atoms with van der Waals surface area (Å²) in [5.41, 5.74) is 0. The van der Waals surface area contributed by atoms with E-state index in [0.29, 0.717) is 10.9 Å². The van der Waals surface area contributed by atoms with Crippen molar-refractivity contribution in [3.63, 3.8) is 0 Å². The van der Waals surface area contributed by atoms with Crippen LogP contribution in [0.1, 0.15) is 0 Å². The number of morpholine rings is 1. The number of thiophene rings is 1. The third-order valence-corrected chi connectivity index (χ3v) is 5.80. The molecular weight excluding hydrogens is 296 g/mol. The first-order chi connectivity index (χ1) is 8.47. The molecule has 2 rings (SSSR count). The number of sulfonamides is 1. The van der Waals surface area contributed by atoms with E-state index in [9.17, 15) is 8.42 Å². The van der Waals surface area contributed by atoms with Crippen molar-refractivity contribution in [1.29, 1.82) is 0 Å². The third-order valence-electron chi connectivity index (χ3n) is 2.66. The molecule has 0 spiro atoms. The molecule has 2 heterocycles. The summed E-state index contributed by atoms with van der Waals surface area (Å²) in [5.74, 6) is 0. The Labute approximate surface area is 116 Å². The van der Waals surface area contributed by atoms with Crippen molar-refractivity contribution in [3.8, 4) is 0 Å². The fraction of sp³-hybridized carbons (Fsp3) is 0.600. The third kappa shape index (κ3) is 3.66. The fourth-order valence-electron chi connectivity index (χ4n) is 1.71. The highest BCUT2D eigenvalue weighted by atomic mass is 35.5. The van der Waals surface area contributed by atoms with Crippen LogP contribution in [0.25, 0.3) is 0 Å². The average molecular weight is 311 g/mol. The molecule has 1 atom stereocenters. The molecule has 0 radical (unpaired) electrons. The van der Waals surface area contributed by atoms with E-state index in [0.717, 1.165) is 24.4 Å². The van der Waals surface area contributed by atoms with E-state index in [1.807, 2.05) is 7.05 Å². The SMILES string of the molecule is CN1CCOC(CNS(=O)(=O)c2ccc(Cl)s2)C1. The lowest BCUT2D eigenvalue weighted by atomic mass is 10.3. The van der Waals surface area contributed by atoms with E-state index < -0.39 is 10.0 Å². The molecule has 0 saturated carbocycles. The monoisotopic (exact) mass is 310 g/mol. The molecule has 1 aromatic heterocycles. The molecule has 0 bridgehead atoms. The number of ether oxygens (including phenoxy) is 1. The van der Waals surface area contributed by atoms with E-state index in [1.54, 1.807) is 6.07 Å². The summed E-state index contributed by atoms with van der Waals surface area (Å²) >= 11 is 6.77. The molecule has 1 aliphatic rings. The Hall–Kier alpha value is -0.180. The Bertz CT molecular complexity index is 503. The summed E-state index contributed by atoms with van der Waals surface area (Å²) in [5, 5.41) is 0. The minimum atomic E-state index is -3.47. The van der Waals surface area contributed by atoms with Gasteiger partial charge in [0.2, 0.25) is 10.0 Å². The molecule has 8 heteroatoms. The van der Waals surface area contributed by atoms with Crippen LogP contribution in [0.4, 0.5) is 0 Å². The Morgan fingerprint density at radius 3 is 3.00 bits per heavy atom. The molecule has 1 saturated heterocycles.